The quantitative estimate of drug-likeness (QED) is 0.0910. The number of hydrogen-bond donors (Lipinski definition) is 0. The number of carbonyl (C=O) groups is 2. The lowest BCUT2D eigenvalue weighted by molar-refractivity contribution is -0.148. The van der Waals surface area contributed by atoms with Gasteiger partial charge in [-0.05, 0) is 83.9 Å². The zero-order valence-electron chi connectivity index (χ0n) is 22.9. The molecule has 202 valence electrons. The van der Waals surface area contributed by atoms with Crippen molar-refractivity contribution in [1.82, 2.24) is 0 Å². The maximum absolute atomic E-state index is 12.9. The van der Waals surface area contributed by atoms with Gasteiger partial charge in [-0.3, -0.25) is 4.79 Å². The van der Waals surface area contributed by atoms with Crippen LogP contribution in [0.15, 0.2) is 54.6 Å². The summed E-state index contributed by atoms with van der Waals surface area (Å²) in [7, 11) is -2.67. The Bertz CT molecular complexity index is 991. The van der Waals surface area contributed by atoms with E-state index in [1.807, 2.05) is 41.5 Å². The van der Waals surface area contributed by atoms with Crippen LogP contribution in [-0.4, -0.2) is 52.6 Å². The van der Waals surface area contributed by atoms with Gasteiger partial charge in [0.25, 0.3) is 0 Å². The first-order valence-electron chi connectivity index (χ1n) is 12.8. The molecule has 7 nitrogen and oxygen atoms in total. The van der Waals surface area contributed by atoms with Crippen LogP contribution in [0.25, 0.3) is 6.08 Å². The lowest BCUT2D eigenvalue weighted by Crippen LogP contribution is -2.46. The van der Waals surface area contributed by atoms with Gasteiger partial charge >= 0.3 is 14.8 Å². The Labute approximate surface area is 222 Å². The number of ketones is 1. The van der Waals surface area contributed by atoms with Gasteiger partial charge in [-0.2, -0.15) is 0 Å². The number of carbonyl (C=O) groups excluding carboxylic acids is 2. The van der Waals surface area contributed by atoms with E-state index in [1.54, 1.807) is 54.6 Å². The third kappa shape index (κ3) is 10.6. The van der Waals surface area contributed by atoms with Crippen molar-refractivity contribution in [3.05, 3.63) is 71.3 Å². The molecule has 0 heterocycles. The fourth-order valence-electron chi connectivity index (χ4n) is 3.59. The zero-order chi connectivity index (χ0) is 27.3. The summed E-state index contributed by atoms with van der Waals surface area (Å²) >= 11 is 0. The molecule has 0 radical (unpaired) electrons. The second-order valence-corrected chi connectivity index (χ2v) is 12.0. The predicted octanol–water partition coefficient (Wildman–Crippen LogP) is 6.09. The Morgan fingerprint density at radius 2 is 1.32 bits per heavy atom. The fourth-order valence-corrected chi connectivity index (χ4v) is 6.17. The zero-order valence-corrected chi connectivity index (χ0v) is 23.9. The highest BCUT2D eigenvalue weighted by Gasteiger charge is 2.39. The molecule has 0 saturated heterocycles. The number of hydrogen-bond acceptors (Lipinski definition) is 7. The molecule has 2 rings (SSSR count). The molecule has 0 aromatic heterocycles. The Morgan fingerprint density at radius 3 is 1.81 bits per heavy atom. The SMILES string of the molecule is CCO[Si](CCCOc1ccc(C(=O)c2ccc(C=CC(=O)OC(C)(C)C)cc2)cc1)(OCC)OCC. The Hall–Kier alpha value is -2.78. The van der Waals surface area contributed by atoms with Gasteiger partial charge in [0, 0.05) is 43.1 Å². The van der Waals surface area contributed by atoms with Crippen molar-refractivity contribution in [3.8, 4) is 5.75 Å². The van der Waals surface area contributed by atoms with Gasteiger partial charge in [0.15, 0.2) is 5.78 Å². The first-order valence-corrected chi connectivity index (χ1v) is 14.7. The molecule has 0 bridgehead atoms. The van der Waals surface area contributed by atoms with Crippen molar-refractivity contribution in [2.24, 2.45) is 0 Å². The van der Waals surface area contributed by atoms with Crippen LogP contribution in [0.2, 0.25) is 6.04 Å². The molecule has 37 heavy (non-hydrogen) atoms. The van der Waals surface area contributed by atoms with Gasteiger partial charge in [-0.25, -0.2) is 4.79 Å². The van der Waals surface area contributed by atoms with Gasteiger partial charge in [0.1, 0.15) is 11.4 Å². The summed E-state index contributed by atoms with van der Waals surface area (Å²) in [6.07, 6.45) is 3.78. The molecule has 0 aliphatic carbocycles. The number of rotatable bonds is 15. The molecular formula is C29H40O7Si. The molecule has 0 aliphatic heterocycles. The minimum Gasteiger partial charge on any atom is -0.494 e. The van der Waals surface area contributed by atoms with E-state index in [0.29, 0.717) is 49.3 Å². The minimum absolute atomic E-state index is 0.0878. The summed E-state index contributed by atoms with van der Waals surface area (Å²) < 4.78 is 28.7. The van der Waals surface area contributed by atoms with Crippen molar-refractivity contribution < 1.29 is 32.3 Å². The van der Waals surface area contributed by atoms with Gasteiger partial charge in [-0.1, -0.05) is 24.3 Å². The van der Waals surface area contributed by atoms with Crippen LogP contribution in [0, 0.1) is 0 Å². The second-order valence-electron chi connectivity index (χ2n) is 9.28. The fraction of sp³-hybridized carbons (Fsp3) is 0.448. The highest BCUT2D eigenvalue weighted by atomic mass is 28.4. The molecule has 0 spiro atoms. The third-order valence-corrected chi connectivity index (χ3v) is 8.25. The topological polar surface area (TPSA) is 80.3 Å². The third-order valence-electron chi connectivity index (χ3n) is 5.10. The predicted molar refractivity (Wildman–Crippen MR) is 147 cm³/mol. The normalized spacial score (nSPS) is 12.1. The molecule has 0 aliphatic rings. The molecule has 8 heteroatoms. The Balaban J connectivity index is 1.90. The summed E-state index contributed by atoms with van der Waals surface area (Å²) in [6.45, 7) is 13.4. The molecule has 2 aromatic rings. The maximum Gasteiger partial charge on any atom is 0.501 e. The lowest BCUT2D eigenvalue weighted by Gasteiger charge is -2.28. The lowest BCUT2D eigenvalue weighted by atomic mass is 10.0. The van der Waals surface area contributed by atoms with Gasteiger partial charge in [0.2, 0.25) is 0 Å². The van der Waals surface area contributed by atoms with E-state index in [1.165, 1.54) is 6.08 Å². The molecule has 0 unspecified atom stereocenters. The van der Waals surface area contributed by atoms with E-state index in [4.69, 9.17) is 22.8 Å². The molecule has 2 aromatic carbocycles. The molecule has 0 fully saturated rings. The van der Waals surface area contributed by atoms with Gasteiger partial charge in [0.05, 0.1) is 6.61 Å². The summed E-state index contributed by atoms with van der Waals surface area (Å²) in [5.41, 5.74) is 1.39. The molecule has 0 N–H and O–H groups in total. The van der Waals surface area contributed by atoms with Crippen molar-refractivity contribution in [3.63, 3.8) is 0 Å². The smallest absolute Gasteiger partial charge is 0.494 e. The van der Waals surface area contributed by atoms with Crippen LogP contribution in [0.5, 0.6) is 5.75 Å². The number of benzene rings is 2. The first kappa shape index (κ1) is 30.4. The average molecular weight is 529 g/mol. The van der Waals surface area contributed by atoms with Crippen molar-refractivity contribution in [1.29, 1.82) is 0 Å². The average Bonchev–Trinajstić information content (AvgIpc) is 2.85. The number of esters is 1. The molecule has 0 atom stereocenters. The summed E-state index contributed by atoms with van der Waals surface area (Å²) in [5.74, 6) is 0.195. The maximum atomic E-state index is 12.9. The van der Waals surface area contributed by atoms with Crippen LogP contribution in [0.3, 0.4) is 0 Å². The van der Waals surface area contributed by atoms with Crippen LogP contribution in [-0.2, 0) is 22.8 Å². The van der Waals surface area contributed by atoms with E-state index >= 15 is 0 Å². The largest absolute Gasteiger partial charge is 0.501 e. The summed E-state index contributed by atoms with van der Waals surface area (Å²) in [4.78, 5) is 24.7. The van der Waals surface area contributed by atoms with E-state index in [0.717, 1.165) is 12.0 Å². The van der Waals surface area contributed by atoms with E-state index in [2.05, 4.69) is 0 Å². The van der Waals surface area contributed by atoms with Crippen LogP contribution in [0.4, 0.5) is 0 Å². The van der Waals surface area contributed by atoms with Crippen LogP contribution >= 0.6 is 0 Å². The number of ether oxygens (including phenoxy) is 2. The first-order chi connectivity index (χ1) is 17.6. The van der Waals surface area contributed by atoms with Crippen LogP contribution in [0.1, 0.15) is 69.4 Å². The Morgan fingerprint density at radius 1 is 0.811 bits per heavy atom. The highest BCUT2D eigenvalue weighted by molar-refractivity contribution is 6.60. The highest BCUT2D eigenvalue weighted by Crippen LogP contribution is 2.20. The van der Waals surface area contributed by atoms with E-state index in [-0.39, 0.29) is 5.78 Å². The summed E-state index contributed by atoms with van der Waals surface area (Å²) in [5, 5.41) is 0. The van der Waals surface area contributed by atoms with Gasteiger partial charge < -0.3 is 22.8 Å². The van der Waals surface area contributed by atoms with Crippen molar-refractivity contribution in [2.45, 2.75) is 59.6 Å². The van der Waals surface area contributed by atoms with E-state index in [9.17, 15) is 9.59 Å². The monoisotopic (exact) mass is 528 g/mol. The van der Waals surface area contributed by atoms with Crippen molar-refractivity contribution in [2.75, 3.05) is 26.4 Å². The van der Waals surface area contributed by atoms with E-state index < -0.39 is 20.4 Å². The molecule has 0 amide bonds. The van der Waals surface area contributed by atoms with Crippen molar-refractivity contribution >= 4 is 26.6 Å². The Kier molecular flexibility index (Phi) is 12.2. The van der Waals surface area contributed by atoms with Crippen LogP contribution < -0.4 is 4.74 Å². The molecular weight excluding hydrogens is 488 g/mol. The minimum atomic E-state index is -2.67. The standard InChI is InChI=1S/C29H40O7Si/c1-7-33-37(34-8-2,35-9-3)22-10-21-32-26-18-16-25(17-19-26)28(31)24-14-11-23(12-15-24)13-20-27(30)36-29(4,5)6/h11-20H,7-10,21-22H2,1-6H3. The second kappa shape index (κ2) is 14.8. The molecule has 0 saturated carbocycles. The summed E-state index contributed by atoms with van der Waals surface area (Å²) in [6, 6.07) is 14.9. The van der Waals surface area contributed by atoms with Gasteiger partial charge in [-0.15, -0.1) is 0 Å².